The van der Waals surface area contributed by atoms with Gasteiger partial charge >= 0.3 is 5.97 Å². The second kappa shape index (κ2) is 18.1. The molecule has 0 N–H and O–H groups in total. The van der Waals surface area contributed by atoms with Gasteiger partial charge in [-0.05, 0) is 103 Å². The fourth-order valence-corrected chi connectivity index (χ4v) is 17.3. The number of thioether (sulfide) groups is 1. The van der Waals surface area contributed by atoms with Gasteiger partial charge in [-0.25, -0.2) is 0 Å². The Labute approximate surface area is 313 Å². The van der Waals surface area contributed by atoms with Crippen LogP contribution >= 0.6 is 11.8 Å². The zero-order valence-corrected chi connectivity index (χ0v) is 37.1. The smallest absolute Gasteiger partial charge is 0.306 e. The molecule has 0 radical (unpaired) electrons. The molecule has 288 valence electrons. The van der Waals surface area contributed by atoms with Crippen LogP contribution in [0.15, 0.2) is 12.2 Å². The Morgan fingerprint density at radius 1 is 0.940 bits per heavy atom. The number of allylic oxidation sites excluding steroid dienone is 2. The maximum absolute atomic E-state index is 14.5. The van der Waals surface area contributed by atoms with Crippen molar-refractivity contribution in [2.24, 2.45) is 35.5 Å². The first kappa shape index (κ1) is 43.7. The molecule has 2 fully saturated rings. The number of Topliss-reactive ketones (excluding diaryl/α,β-unsaturated/α-hetero) is 1. The van der Waals surface area contributed by atoms with Crippen LogP contribution in [0.3, 0.4) is 0 Å². The van der Waals surface area contributed by atoms with Crippen LogP contribution < -0.4 is 0 Å². The van der Waals surface area contributed by atoms with E-state index in [4.69, 9.17) is 13.6 Å². The number of hydrogen-bond donors (Lipinski definition) is 0. The van der Waals surface area contributed by atoms with Crippen LogP contribution in [0.5, 0.6) is 0 Å². The molecule has 0 aromatic carbocycles. The molecule has 3 aliphatic rings. The van der Waals surface area contributed by atoms with Crippen LogP contribution in [0, 0.1) is 35.5 Å². The Kier molecular flexibility index (Phi) is 15.8. The van der Waals surface area contributed by atoms with E-state index in [1.165, 1.54) is 11.8 Å². The van der Waals surface area contributed by atoms with E-state index in [-0.39, 0.29) is 88.6 Å². The van der Waals surface area contributed by atoms with Crippen molar-refractivity contribution in [1.29, 1.82) is 0 Å². The molecule has 0 aromatic rings. The quantitative estimate of drug-likeness (QED) is 0.118. The number of fused-ring (bicyclic) bond motifs is 1. The summed E-state index contributed by atoms with van der Waals surface area (Å²) in [5.41, 5.74) is 1.26. The lowest BCUT2D eigenvalue weighted by Crippen LogP contribution is -2.52. The molecule has 6 nitrogen and oxygen atoms in total. The average Bonchev–Trinajstić information content (AvgIpc) is 3.41. The molecule has 0 bridgehead atoms. The van der Waals surface area contributed by atoms with Crippen LogP contribution in [0.25, 0.3) is 0 Å². The van der Waals surface area contributed by atoms with Gasteiger partial charge in [0.05, 0.1) is 6.10 Å². The zero-order chi connectivity index (χ0) is 37.8. The largest absolute Gasteiger partial charge is 0.462 e. The van der Waals surface area contributed by atoms with Gasteiger partial charge in [0.15, 0.2) is 13.4 Å². The van der Waals surface area contributed by atoms with Crippen molar-refractivity contribution in [1.82, 2.24) is 0 Å². The number of esters is 1. The number of rotatable bonds is 11. The number of hydrogen-bond acceptors (Lipinski definition) is 7. The summed E-state index contributed by atoms with van der Waals surface area (Å²) in [6.07, 6.45) is 9.64. The minimum Gasteiger partial charge on any atom is -0.462 e. The first-order valence-corrected chi connectivity index (χ1v) is 26.2. The number of cyclic esters (lactones) is 1. The van der Waals surface area contributed by atoms with Crippen LogP contribution in [-0.2, 0) is 28.0 Å². The number of ketones is 1. The van der Waals surface area contributed by atoms with Gasteiger partial charge in [0.25, 0.3) is 0 Å². The molecule has 50 heavy (non-hydrogen) atoms. The topological polar surface area (TPSA) is 78.9 Å². The van der Waals surface area contributed by atoms with Crippen molar-refractivity contribution < 1.29 is 28.0 Å². The molecule has 1 aliphatic heterocycles. The zero-order valence-electron chi connectivity index (χ0n) is 34.3. The maximum Gasteiger partial charge on any atom is 0.306 e. The molecule has 3 rings (SSSR count). The first-order valence-electron chi connectivity index (χ1n) is 20.1. The molecule has 9 heteroatoms. The second-order valence-electron chi connectivity index (χ2n) is 18.4. The summed E-state index contributed by atoms with van der Waals surface area (Å²) in [5.74, 6) is -0.0170. The molecule has 9 atom stereocenters. The summed E-state index contributed by atoms with van der Waals surface area (Å²) in [7, 11) is -4.24. The summed E-state index contributed by atoms with van der Waals surface area (Å²) in [6.45, 7) is 31.4. The van der Waals surface area contributed by atoms with Gasteiger partial charge < -0.3 is 13.6 Å². The minimum atomic E-state index is -2.25. The van der Waals surface area contributed by atoms with Gasteiger partial charge in [-0.15, -0.1) is 0 Å². The highest BCUT2D eigenvalue weighted by atomic mass is 32.2. The van der Waals surface area contributed by atoms with Crippen molar-refractivity contribution in [3.05, 3.63) is 12.2 Å². The lowest BCUT2D eigenvalue weighted by atomic mass is 9.66. The fraction of sp³-hybridized carbons (Fsp3) is 0.878. The SMILES string of the molecule is CCSC(=O)[C@H]1[C@@H]([C@H]2CC(=O)O[C@@H](CC)CCC[C@@H](O[Si](C(C)C)(C(C)C)C(C)C)[C@@H](C)C(=O)C2)C=C[C@H]2C[C@H](O[Si](C)(C)C(C)(C)C)C[C@H]12. The Morgan fingerprint density at radius 3 is 2.10 bits per heavy atom. The van der Waals surface area contributed by atoms with E-state index >= 15 is 0 Å². The molecular formula is C41H74O6SSi2. The van der Waals surface area contributed by atoms with E-state index < -0.39 is 16.6 Å². The van der Waals surface area contributed by atoms with E-state index in [0.29, 0.717) is 22.4 Å². The predicted molar refractivity (Wildman–Crippen MR) is 214 cm³/mol. The molecule has 0 amide bonds. The van der Waals surface area contributed by atoms with Crippen LogP contribution in [0.2, 0.25) is 34.8 Å². The number of carbonyl (C=O) groups excluding carboxylic acids is 3. The molecule has 1 saturated carbocycles. The fourth-order valence-electron chi connectivity index (χ4n) is 9.49. The lowest BCUT2D eigenvalue weighted by Gasteiger charge is -2.46. The summed E-state index contributed by atoms with van der Waals surface area (Å²) < 4.78 is 20.4. The molecule has 0 aromatic heterocycles. The Bertz CT molecular complexity index is 1150. The van der Waals surface area contributed by atoms with Gasteiger partial charge in [-0.2, -0.15) is 0 Å². The normalized spacial score (nSPS) is 32.2. The maximum atomic E-state index is 14.5. The lowest BCUT2D eigenvalue weighted by molar-refractivity contribution is -0.152. The standard InChI is InChI=1S/C41H74O6SSi2/c1-15-32-18-17-19-37(47-50(26(3)4,27(5)6)28(7)8)29(9)36(42)23-31(24-38(43)45-32)34-21-20-30-22-33(46-49(13,14)41(10,11)12)25-35(30)39(34)40(44)48-16-2/h20-21,26-35,37,39H,15-19,22-25H2,1-14H3/t29-,30-,31+,32-,33-,34+,35-,37+,39-/m0/s1. The average molecular weight is 751 g/mol. The highest BCUT2D eigenvalue weighted by Gasteiger charge is 2.52. The second-order valence-corrected chi connectivity index (χ2v) is 29.8. The van der Waals surface area contributed by atoms with Gasteiger partial charge in [-0.3, -0.25) is 14.4 Å². The number of ether oxygens (including phenoxy) is 1. The predicted octanol–water partition coefficient (Wildman–Crippen LogP) is 11.2. The Morgan fingerprint density at radius 2 is 1.56 bits per heavy atom. The van der Waals surface area contributed by atoms with E-state index in [1.807, 2.05) is 6.92 Å². The molecule has 0 spiro atoms. The third kappa shape index (κ3) is 10.1. The van der Waals surface area contributed by atoms with Crippen molar-refractivity contribution in [2.45, 2.75) is 188 Å². The Hall–Kier alpha value is -0.746. The van der Waals surface area contributed by atoms with Crippen LogP contribution in [-0.4, -0.2) is 57.6 Å². The summed E-state index contributed by atoms with van der Waals surface area (Å²) in [5, 5.41) is 0.302. The molecular weight excluding hydrogens is 677 g/mol. The molecule has 1 heterocycles. The Balaban J connectivity index is 2.00. The van der Waals surface area contributed by atoms with Crippen LogP contribution in [0.4, 0.5) is 0 Å². The molecule has 0 unspecified atom stereocenters. The van der Waals surface area contributed by atoms with Gasteiger partial charge in [0.2, 0.25) is 8.32 Å². The number of carbonyl (C=O) groups is 3. The summed E-state index contributed by atoms with van der Waals surface area (Å²) in [6, 6.07) is 0. The third-order valence-electron chi connectivity index (χ3n) is 13.2. The van der Waals surface area contributed by atoms with Crippen molar-refractivity contribution in [3.63, 3.8) is 0 Å². The highest BCUT2D eigenvalue weighted by Crippen LogP contribution is 2.52. The van der Waals surface area contributed by atoms with Crippen molar-refractivity contribution in [3.8, 4) is 0 Å². The monoisotopic (exact) mass is 750 g/mol. The van der Waals surface area contributed by atoms with Gasteiger partial charge in [0, 0.05) is 30.8 Å². The first-order chi connectivity index (χ1) is 23.2. The van der Waals surface area contributed by atoms with E-state index in [2.05, 4.69) is 101 Å². The van der Waals surface area contributed by atoms with Gasteiger partial charge in [0.1, 0.15) is 11.9 Å². The van der Waals surface area contributed by atoms with Crippen molar-refractivity contribution in [2.75, 3.05) is 5.75 Å². The highest BCUT2D eigenvalue weighted by molar-refractivity contribution is 8.13. The van der Waals surface area contributed by atoms with E-state index in [1.54, 1.807) is 0 Å². The van der Waals surface area contributed by atoms with Crippen LogP contribution in [0.1, 0.15) is 134 Å². The summed E-state index contributed by atoms with van der Waals surface area (Å²) in [4.78, 5) is 42.3. The van der Waals surface area contributed by atoms with E-state index in [9.17, 15) is 14.4 Å². The third-order valence-corrected chi connectivity index (χ3v) is 24.7. The van der Waals surface area contributed by atoms with Crippen molar-refractivity contribution >= 4 is 45.3 Å². The molecule has 1 saturated heterocycles. The summed E-state index contributed by atoms with van der Waals surface area (Å²) >= 11 is 1.40. The van der Waals surface area contributed by atoms with Gasteiger partial charge in [-0.1, -0.05) is 107 Å². The van der Waals surface area contributed by atoms with E-state index in [0.717, 1.165) is 38.5 Å². The minimum absolute atomic E-state index is 0.108. The molecule has 2 aliphatic carbocycles.